The van der Waals surface area contributed by atoms with E-state index in [0.717, 1.165) is 28.0 Å². The largest absolute Gasteiger partial charge is 0.338 e. The molecule has 7 nitrogen and oxygen atoms in total. The smallest absolute Gasteiger partial charge is 0.261 e. The number of benzene rings is 4. The minimum absolute atomic E-state index is 0.177. The van der Waals surface area contributed by atoms with E-state index in [-0.39, 0.29) is 10.8 Å². The Morgan fingerprint density at radius 3 is 2.14 bits per heavy atom. The minimum Gasteiger partial charge on any atom is -0.338 e. The highest BCUT2D eigenvalue weighted by Crippen LogP contribution is 2.23. The molecule has 0 aliphatic heterocycles. The van der Waals surface area contributed by atoms with Gasteiger partial charge in [0.15, 0.2) is 0 Å². The molecule has 5 aromatic rings. The van der Waals surface area contributed by atoms with Gasteiger partial charge in [0.1, 0.15) is 5.82 Å². The number of nitrogens with zero attached hydrogens (tertiary/aromatic N) is 1. The van der Waals surface area contributed by atoms with Crippen LogP contribution in [-0.2, 0) is 10.0 Å². The van der Waals surface area contributed by atoms with Crippen molar-refractivity contribution in [2.45, 2.75) is 11.8 Å². The molecule has 1 amide bonds. The Bertz CT molecular complexity index is 1570. The number of carbonyl (C=O) groups excluding carboxylic acids is 1. The zero-order valence-corrected chi connectivity index (χ0v) is 19.6. The maximum absolute atomic E-state index is 12.7. The van der Waals surface area contributed by atoms with Crippen LogP contribution in [0, 0.1) is 6.92 Å². The number of aryl methyl sites for hydroxylation is 1. The van der Waals surface area contributed by atoms with Gasteiger partial charge >= 0.3 is 0 Å². The molecule has 0 bridgehead atoms. The van der Waals surface area contributed by atoms with Crippen LogP contribution in [0.4, 0.5) is 11.4 Å². The van der Waals surface area contributed by atoms with Gasteiger partial charge in [-0.15, -0.1) is 0 Å². The van der Waals surface area contributed by atoms with Crippen LogP contribution in [0.1, 0.15) is 15.9 Å². The molecule has 0 saturated carbocycles. The molecule has 0 fully saturated rings. The number of nitrogens with one attached hydrogen (secondary N) is 3. The number of hydrogen-bond donors (Lipinski definition) is 3. The molecule has 0 aliphatic rings. The van der Waals surface area contributed by atoms with Gasteiger partial charge in [-0.2, -0.15) is 0 Å². The summed E-state index contributed by atoms with van der Waals surface area (Å²) in [4.78, 5) is 20.7. The first-order chi connectivity index (χ1) is 16.9. The normalized spacial score (nSPS) is 11.3. The van der Waals surface area contributed by atoms with Gasteiger partial charge in [0, 0.05) is 22.5 Å². The molecule has 0 atom stereocenters. The summed E-state index contributed by atoms with van der Waals surface area (Å²) in [5.41, 5.74) is 5.16. The lowest BCUT2D eigenvalue weighted by atomic mass is 10.1. The number of para-hydroxylation sites is 2. The second kappa shape index (κ2) is 9.08. The quantitative estimate of drug-likeness (QED) is 0.293. The highest BCUT2D eigenvalue weighted by molar-refractivity contribution is 7.92. The summed E-state index contributed by atoms with van der Waals surface area (Å²) in [5.74, 6) is 0.460. The number of carbonyl (C=O) groups is 1. The van der Waals surface area contributed by atoms with Crippen molar-refractivity contribution in [3.63, 3.8) is 0 Å². The predicted molar refractivity (Wildman–Crippen MR) is 138 cm³/mol. The van der Waals surface area contributed by atoms with Crippen molar-refractivity contribution < 1.29 is 13.2 Å². The Balaban J connectivity index is 1.25. The van der Waals surface area contributed by atoms with E-state index in [1.165, 1.54) is 0 Å². The number of rotatable bonds is 6. The van der Waals surface area contributed by atoms with Crippen LogP contribution in [0.15, 0.2) is 102 Å². The van der Waals surface area contributed by atoms with Crippen molar-refractivity contribution in [2.24, 2.45) is 0 Å². The minimum atomic E-state index is -3.71. The molecule has 0 radical (unpaired) electrons. The summed E-state index contributed by atoms with van der Waals surface area (Å²) in [6, 6.07) is 28.1. The van der Waals surface area contributed by atoms with Gasteiger partial charge in [-0.05, 0) is 79.7 Å². The Kier molecular flexibility index (Phi) is 5.80. The molecule has 0 aliphatic carbocycles. The second-order valence-electron chi connectivity index (χ2n) is 8.13. The van der Waals surface area contributed by atoms with Crippen molar-refractivity contribution in [1.82, 2.24) is 9.97 Å². The Morgan fingerprint density at radius 2 is 1.46 bits per heavy atom. The summed E-state index contributed by atoms with van der Waals surface area (Å²) < 4.78 is 27.6. The Hall–Kier alpha value is -4.43. The lowest BCUT2D eigenvalue weighted by molar-refractivity contribution is 0.102. The first-order valence-electron chi connectivity index (χ1n) is 10.9. The Labute approximate surface area is 202 Å². The number of sulfonamides is 1. The number of aromatic amines is 1. The molecular weight excluding hydrogens is 460 g/mol. The third kappa shape index (κ3) is 4.92. The third-order valence-corrected chi connectivity index (χ3v) is 6.93. The van der Waals surface area contributed by atoms with Crippen molar-refractivity contribution in [3.8, 4) is 11.4 Å². The SMILES string of the molecule is Cc1ccc(S(=O)(=O)Nc2ccc(C(=O)Nc3ccc(-c4nc5ccccc5[nH]4)cc3)cc2)cc1. The van der Waals surface area contributed by atoms with Crippen LogP contribution in [0.3, 0.4) is 0 Å². The number of H-pyrrole nitrogens is 1. The maximum Gasteiger partial charge on any atom is 0.261 e. The summed E-state index contributed by atoms with van der Waals surface area (Å²) >= 11 is 0. The lowest BCUT2D eigenvalue weighted by Gasteiger charge is -2.10. The number of hydrogen-bond acceptors (Lipinski definition) is 4. The average molecular weight is 483 g/mol. The Morgan fingerprint density at radius 1 is 0.800 bits per heavy atom. The van der Waals surface area contributed by atoms with E-state index in [2.05, 4.69) is 20.0 Å². The topological polar surface area (TPSA) is 104 Å². The number of amides is 1. The van der Waals surface area contributed by atoms with E-state index < -0.39 is 10.0 Å². The molecule has 0 spiro atoms. The first kappa shape index (κ1) is 22.4. The van der Waals surface area contributed by atoms with Crippen LogP contribution in [0.2, 0.25) is 0 Å². The summed E-state index contributed by atoms with van der Waals surface area (Å²) in [6.07, 6.45) is 0. The van der Waals surface area contributed by atoms with Gasteiger partial charge in [0.2, 0.25) is 0 Å². The van der Waals surface area contributed by atoms with Crippen molar-refractivity contribution in [3.05, 3.63) is 108 Å². The van der Waals surface area contributed by atoms with Crippen LogP contribution >= 0.6 is 0 Å². The molecule has 8 heteroatoms. The van der Waals surface area contributed by atoms with Gasteiger partial charge in [0.05, 0.1) is 15.9 Å². The molecule has 5 rings (SSSR count). The summed E-state index contributed by atoms with van der Waals surface area (Å²) in [5, 5.41) is 2.85. The van der Waals surface area contributed by atoms with Crippen molar-refractivity contribution >= 4 is 38.3 Å². The van der Waals surface area contributed by atoms with Gasteiger partial charge in [0.25, 0.3) is 15.9 Å². The molecule has 0 unspecified atom stereocenters. The van der Waals surface area contributed by atoms with E-state index >= 15 is 0 Å². The van der Waals surface area contributed by atoms with Gasteiger partial charge in [-0.3, -0.25) is 9.52 Å². The van der Waals surface area contributed by atoms with Gasteiger partial charge < -0.3 is 10.3 Å². The predicted octanol–water partition coefficient (Wildman–Crippen LogP) is 5.59. The number of anilines is 2. The monoisotopic (exact) mass is 482 g/mol. The summed E-state index contributed by atoms with van der Waals surface area (Å²) in [7, 11) is -3.71. The molecule has 0 saturated heterocycles. The van der Waals surface area contributed by atoms with Crippen LogP contribution in [-0.4, -0.2) is 24.3 Å². The highest BCUT2D eigenvalue weighted by Gasteiger charge is 2.14. The van der Waals surface area contributed by atoms with Crippen molar-refractivity contribution in [1.29, 1.82) is 0 Å². The van der Waals surface area contributed by atoms with Crippen LogP contribution in [0.25, 0.3) is 22.4 Å². The van der Waals surface area contributed by atoms with Crippen LogP contribution in [0.5, 0.6) is 0 Å². The standard InChI is InChI=1S/C27H22N4O3S/c1-18-6-16-23(17-7-18)35(33,34)31-22-14-10-20(11-15-22)27(32)28-21-12-8-19(9-13-21)26-29-24-4-2-3-5-25(24)30-26/h2-17,31H,1H3,(H,28,32)(H,29,30). The fraction of sp³-hybridized carbons (Fsp3) is 0.0370. The second-order valence-corrected chi connectivity index (χ2v) is 9.81. The molecular formula is C27H22N4O3S. The fourth-order valence-electron chi connectivity index (χ4n) is 3.63. The molecule has 1 aromatic heterocycles. The van der Waals surface area contributed by atoms with E-state index in [1.54, 1.807) is 48.5 Å². The van der Waals surface area contributed by atoms with Crippen molar-refractivity contribution in [2.75, 3.05) is 10.0 Å². The number of aromatic nitrogens is 2. The van der Waals surface area contributed by atoms with E-state index in [9.17, 15) is 13.2 Å². The average Bonchev–Trinajstić information content (AvgIpc) is 3.29. The first-order valence-corrected chi connectivity index (χ1v) is 12.4. The van der Waals surface area contributed by atoms with E-state index in [1.807, 2.05) is 55.5 Å². The van der Waals surface area contributed by atoms with Gasteiger partial charge in [-0.25, -0.2) is 13.4 Å². The zero-order chi connectivity index (χ0) is 24.4. The number of fused-ring (bicyclic) bond motifs is 1. The van der Waals surface area contributed by atoms with Gasteiger partial charge in [-0.1, -0.05) is 29.8 Å². The molecule has 35 heavy (non-hydrogen) atoms. The molecule has 3 N–H and O–H groups in total. The number of imidazole rings is 1. The maximum atomic E-state index is 12.7. The van der Waals surface area contributed by atoms with E-state index in [4.69, 9.17) is 0 Å². The molecule has 1 heterocycles. The van der Waals surface area contributed by atoms with E-state index in [0.29, 0.717) is 16.9 Å². The third-order valence-electron chi connectivity index (χ3n) is 5.54. The van der Waals surface area contributed by atoms with Crippen LogP contribution < -0.4 is 10.0 Å². The summed E-state index contributed by atoms with van der Waals surface area (Å²) in [6.45, 7) is 1.89. The fourth-order valence-corrected chi connectivity index (χ4v) is 4.68. The zero-order valence-electron chi connectivity index (χ0n) is 18.8. The lowest BCUT2D eigenvalue weighted by Crippen LogP contribution is -2.14. The highest BCUT2D eigenvalue weighted by atomic mass is 32.2. The molecule has 174 valence electrons. The molecule has 4 aromatic carbocycles.